The Kier molecular flexibility index (Phi) is 4.68. The Morgan fingerprint density at radius 2 is 2.08 bits per heavy atom. The molecule has 1 fully saturated rings. The molecule has 1 aromatic heterocycles. The summed E-state index contributed by atoms with van der Waals surface area (Å²) in [5, 5.41) is 0.733. The molecule has 4 rings (SSSR count). The summed E-state index contributed by atoms with van der Waals surface area (Å²) >= 11 is 6.18. The van der Waals surface area contributed by atoms with Crippen LogP contribution in [0.5, 0.6) is 0 Å². The minimum absolute atomic E-state index is 0.0500. The fourth-order valence-electron chi connectivity index (χ4n) is 3.87. The van der Waals surface area contributed by atoms with Crippen molar-refractivity contribution in [3.05, 3.63) is 64.9 Å². The van der Waals surface area contributed by atoms with Crippen molar-refractivity contribution in [2.45, 2.75) is 38.8 Å². The maximum atomic E-state index is 12.4. The van der Waals surface area contributed by atoms with Gasteiger partial charge in [-0.3, -0.25) is 4.79 Å². The SMILES string of the molecule is CCC(=O)N1CCCC1c1nc2ccccc2n1Cc1cccc(Cl)c1. The summed E-state index contributed by atoms with van der Waals surface area (Å²) in [6, 6.07) is 16.1. The number of hydrogen-bond donors (Lipinski definition) is 0. The molecule has 0 aliphatic carbocycles. The van der Waals surface area contributed by atoms with Crippen molar-refractivity contribution in [3.8, 4) is 0 Å². The number of fused-ring (bicyclic) bond motifs is 1. The number of nitrogens with zero attached hydrogens (tertiary/aromatic N) is 3. The Morgan fingerprint density at radius 1 is 1.23 bits per heavy atom. The number of rotatable bonds is 4. The van der Waals surface area contributed by atoms with Crippen LogP contribution in [0.2, 0.25) is 5.02 Å². The van der Waals surface area contributed by atoms with E-state index >= 15 is 0 Å². The molecule has 1 aliphatic rings. The molecule has 1 amide bonds. The molecule has 5 heteroatoms. The highest BCUT2D eigenvalue weighted by molar-refractivity contribution is 6.30. The molecule has 134 valence electrons. The van der Waals surface area contributed by atoms with E-state index in [1.54, 1.807) is 0 Å². The van der Waals surface area contributed by atoms with Gasteiger partial charge in [-0.15, -0.1) is 0 Å². The number of imidazole rings is 1. The Morgan fingerprint density at radius 3 is 2.88 bits per heavy atom. The van der Waals surface area contributed by atoms with Gasteiger partial charge in [0.15, 0.2) is 0 Å². The number of halogens is 1. The predicted molar refractivity (Wildman–Crippen MR) is 104 cm³/mol. The molecule has 1 aliphatic heterocycles. The average molecular weight is 368 g/mol. The van der Waals surface area contributed by atoms with Gasteiger partial charge in [0.2, 0.25) is 5.91 Å². The number of likely N-dealkylation sites (tertiary alicyclic amines) is 1. The Hall–Kier alpha value is -2.33. The van der Waals surface area contributed by atoms with Gasteiger partial charge in [0.1, 0.15) is 5.82 Å². The van der Waals surface area contributed by atoms with Crippen LogP contribution in [0.4, 0.5) is 0 Å². The van der Waals surface area contributed by atoms with E-state index in [4.69, 9.17) is 16.6 Å². The molecule has 0 radical (unpaired) electrons. The zero-order chi connectivity index (χ0) is 18.1. The summed E-state index contributed by atoms with van der Waals surface area (Å²) in [6.07, 6.45) is 2.52. The van der Waals surface area contributed by atoms with E-state index in [2.05, 4.69) is 16.7 Å². The summed E-state index contributed by atoms with van der Waals surface area (Å²) < 4.78 is 2.24. The lowest BCUT2D eigenvalue weighted by molar-refractivity contribution is -0.131. The van der Waals surface area contributed by atoms with Crippen LogP contribution in [0.1, 0.15) is 43.6 Å². The van der Waals surface area contributed by atoms with Gasteiger partial charge in [-0.05, 0) is 42.7 Å². The fraction of sp³-hybridized carbons (Fsp3) is 0.333. The number of amides is 1. The van der Waals surface area contributed by atoms with E-state index in [0.717, 1.165) is 46.8 Å². The maximum Gasteiger partial charge on any atom is 0.222 e. The smallest absolute Gasteiger partial charge is 0.222 e. The van der Waals surface area contributed by atoms with Gasteiger partial charge in [-0.2, -0.15) is 0 Å². The molecule has 2 aromatic carbocycles. The lowest BCUT2D eigenvalue weighted by atomic mass is 10.1. The van der Waals surface area contributed by atoms with Gasteiger partial charge in [0.25, 0.3) is 0 Å². The van der Waals surface area contributed by atoms with Crippen molar-refractivity contribution < 1.29 is 4.79 Å². The number of benzene rings is 2. The molecule has 0 spiro atoms. The molecular weight excluding hydrogens is 346 g/mol. The highest BCUT2D eigenvalue weighted by Gasteiger charge is 2.32. The van der Waals surface area contributed by atoms with Gasteiger partial charge in [0, 0.05) is 24.5 Å². The van der Waals surface area contributed by atoms with Crippen molar-refractivity contribution in [1.29, 1.82) is 0 Å². The number of para-hydroxylation sites is 2. The quantitative estimate of drug-likeness (QED) is 0.663. The van der Waals surface area contributed by atoms with Gasteiger partial charge >= 0.3 is 0 Å². The van der Waals surface area contributed by atoms with E-state index in [9.17, 15) is 4.79 Å². The number of aromatic nitrogens is 2. The molecule has 3 aromatic rings. The van der Waals surface area contributed by atoms with Crippen molar-refractivity contribution in [3.63, 3.8) is 0 Å². The standard InChI is InChI=1S/C21H22ClN3O/c1-2-20(26)24-12-6-11-19(24)21-23-17-9-3-4-10-18(17)25(21)14-15-7-5-8-16(22)13-15/h3-5,7-10,13,19H,2,6,11-12,14H2,1H3. The fourth-order valence-corrected chi connectivity index (χ4v) is 4.08. The van der Waals surface area contributed by atoms with E-state index in [1.165, 1.54) is 0 Å². The summed E-state index contributed by atoms with van der Waals surface area (Å²) in [6.45, 7) is 3.44. The lowest BCUT2D eigenvalue weighted by Gasteiger charge is -2.25. The molecule has 2 heterocycles. The number of hydrogen-bond acceptors (Lipinski definition) is 2. The Bertz CT molecular complexity index is 949. The number of carbonyl (C=O) groups is 1. The zero-order valence-corrected chi connectivity index (χ0v) is 15.6. The second-order valence-corrected chi connectivity index (χ2v) is 7.21. The van der Waals surface area contributed by atoms with Crippen LogP contribution in [-0.4, -0.2) is 26.9 Å². The molecule has 4 nitrogen and oxygen atoms in total. The average Bonchev–Trinajstić information content (AvgIpc) is 3.26. The lowest BCUT2D eigenvalue weighted by Crippen LogP contribution is -2.31. The van der Waals surface area contributed by atoms with Crippen molar-refractivity contribution in [2.75, 3.05) is 6.54 Å². The molecule has 1 atom stereocenters. The molecule has 1 unspecified atom stereocenters. The second-order valence-electron chi connectivity index (χ2n) is 6.77. The third-order valence-electron chi connectivity index (χ3n) is 5.09. The van der Waals surface area contributed by atoms with Crippen LogP contribution in [0, 0.1) is 0 Å². The first kappa shape index (κ1) is 17.1. The Balaban J connectivity index is 1.80. The minimum Gasteiger partial charge on any atom is -0.333 e. The van der Waals surface area contributed by atoms with Crippen LogP contribution in [-0.2, 0) is 11.3 Å². The first-order valence-corrected chi connectivity index (χ1v) is 9.54. The summed E-state index contributed by atoms with van der Waals surface area (Å²) in [7, 11) is 0. The van der Waals surface area contributed by atoms with E-state index in [0.29, 0.717) is 13.0 Å². The van der Waals surface area contributed by atoms with Gasteiger partial charge in [-0.1, -0.05) is 42.8 Å². The van der Waals surface area contributed by atoms with Crippen LogP contribution in [0.15, 0.2) is 48.5 Å². The highest BCUT2D eigenvalue weighted by atomic mass is 35.5. The van der Waals surface area contributed by atoms with E-state index < -0.39 is 0 Å². The largest absolute Gasteiger partial charge is 0.333 e. The maximum absolute atomic E-state index is 12.4. The second kappa shape index (κ2) is 7.12. The van der Waals surface area contributed by atoms with Crippen molar-refractivity contribution >= 4 is 28.5 Å². The molecule has 0 bridgehead atoms. The normalized spacial score (nSPS) is 17.2. The summed E-state index contributed by atoms with van der Waals surface area (Å²) in [5.41, 5.74) is 3.20. The van der Waals surface area contributed by atoms with Crippen molar-refractivity contribution in [2.24, 2.45) is 0 Å². The minimum atomic E-state index is 0.0500. The van der Waals surface area contributed by atoms with Gasteiger partial charge in [0.05, 0.1) is 17.1 Å². The first-order valence-electron chi connectivity index (χ1n) is 9.16. The van der Waals surface area contributed by atoms with Crippen LogP contribution < -0.4 is 0 Å². The molecule has 0 saturated carbocycles. The third kappa shape index (κ3) is 3.10. The third-order valence-corrected chi connectivity index (χ3v) is 5.32. The molecule has 26 heavy (non-hydrogen) atoms. The van der Waals surface area contributed by atoms with Crippen molar-refractivity contribution in [1.82, 2.24) is 14.5 Å². The monoisotopic (exact) mass is 367 g/mol. The Labute approximate surface area is 158 Å². The van der Waals surface area contributed by atoms with Gasteiger partial charge in [-0.25, -0.2) is 4.98 Å². The van der Waals surface area contributed by atoms with E-state index in [1.807, 2.05) is 48.2 Å². The molecule has 0 N–H and O–H groups in total. The predicted octanol–water partition coefficient (Wildman–Crippen LogP) is 4.81. The molecular formula is C21H22ClN3O. The number of carbonyl (C=O) groups excluding carboxylic acids is 1. The highest BCUT2D eigenvalue weighted by Crippen LogP contribution is 2.34. The van der Waals surface area contributed by atoms with Gasteiger partial charge < -0.3 is 9.47 Å². The summed E-state index contributed by atoms with van der Waals surface area (Å²) in [4.78, 5) is 19.3. The van der Waals surface area contributed by atoms with Crippen LogP contribution in [0.3, 0.4) is 0 Å². The summed E-state index contributed by atoms with van der Waals surface area (Å²) in [5.74, 6) is 1.18. The van der Waals surface area contributed by atoms with E-state index in [-0.39, 0.29) is 11.9 Å². The topological polar surface area (TPSA) is 38.1 Å². The molecule has 1 saturated heterocycles. The first-order chi connectivity index (χ1) is 12.7. The van der Waals surface area contributed by atoms with Crippen LogP contribution >= 0.6 is 11.6 Å². The van der Waals surface area contributed by atoms with Crippen LogP contribution in [0.25, 0.3) is 11.0 Å². The zero-order valence-electron chi connectivity index (χ0n) is 14.9.